The number of rotatable bonds is 42. The van der Waals surface area contributed by atoms with Crippen molar-refractivity contribution < 1.29 is 129 Å². The van der Waals surface area contributed by atoms with Gasteiger partial charge in [0.15, 0.2) is 80.6 Å². The molecule has 0 bridgehead atoms. The van der Waals surface area contributed by atoms with Gasteiger partial charge >= 0.3 is 17.9 Å². The molecule has 730 valence electrons. The topological polar surface area (TPSA) is 397 Å². The number of halogens is 2. The number of ether oxygens (including phenoxy) is 14. The first-order chi connectivity index (χ1) is 64.9. The quantitative estimate of drug-likeness (QED) is 0.0106. The van der Waals surface area contributed by atoms with Crippen molar-refractivity contribution in [2.24, 2.45) is 5.73 Å². The third-order valence-electron chi connectivity index (χ3n) is 22.1. The number of fused-ring (bicyclic) bond motifs is 2. The summed E-state index contributed by atoms with van der Waals surface area (Å²) in [5.41, 5.74) is 7.81. The molecule has 7 aromatic carbocycles. The van der Waals surface area contributed by atoms with Crippen LogP contribution in [-0.2, 0) is 42.7 Å². The van der Waals surface area contributed by atoms with Crippen LogP contribution < -0.4 is 67.3 Å². The van der Waals surface area contributed by atoms with Gasteiger partial charge in [0, 0.05) is 46.2 Å². The van der Waals surface area contributed by atoms with Gasteiger partial charge in [0.1, 0.15) is 60.7 Å². The number of ketones is 2. The Balaban J connectivity index is 0.000000175. The van der Waals surface area contributed by atoms with E-state index in [2.05, 4.69) is 16.0 Å². The van der Waals surface area contributed by atoms with Crippen molar-refractivity contribution in [2.75, 3.05) is 73.7 Å². The molecule has 15 rings (SSSR count). The Morgan fingerprint density at radius 1 is 0.485 bits per heavy atom. The number of aliphatic hydroxyl groups excluding tert-OH is 2. The minimum absolute atomic E-state index is 0.0000259. The lowest BCUT2D eigenvalue weighted by molar-refractivity contribution is 0.0395. The highest BCUT2D eigenvalue weighted by molar-refractivity contribution is 7.84. The number of hydrogen-bond donors (Lipinski definition) is 7. The highest BCUT2D eigenvalue weighted by atomic mass is 32.2. The molecule has 4 fully saturated rings. The molecule has 136 heavy (non-hydrogen) atoms. The fourth-order valence-electron chi connectivity index (χ4n) is 13.7. The van der Waals surface area contributed by atoms with Gasteiger partial charge in [-0.1, -0.05) is 27.4 Å². The van der Waals surface area contributed by atoms with Crippen LogP contribution in [0.1, 0.15) is 240 Å². The molecular formula is C104H124F2N4O25S. The lowest BCUT2D eigenvalue weighted by Gasteiger charge is -2.30. The van der Waals surface area contributed by atoms with Crippen LogP contribution in [0.2, 0.25) is 0 Å². The van der Waals surface area contributed by atoms with E-state index in [9.17, 15) is 52.3 Å². The van der Waals surface area contributed by atoms with Crippen molar-refractivity contribution in [2.45, 2.75) is 217 Å². The van der Waals surface area contributed by atoms with Gasteiger partial charge in [0.25, 0.3) is 0 Å². The van der Waals surface area contributed by atoms with Crippen molar-refractivity contribution in [1.82, 2.24) is 14.7 Å². The lowest BCUT2D eigenvalue weighted by Crippen LogP contribution is -2.47. The summed E-state index contributed by atoms with van der Waals surface area (Å²) in [6.45, 7) is 24.0. The zero-order valence-corrected chi connectivity index (χ0v) is 79.9. The smallest absolute Gasteiger partial charge is 0.337 e. The molecule has 6 aliphatic rings. The third-order valence-corrected chi connectivity index (χ3v) is 23.8. The number of carboxylic acid groups (broad SMARTS) is 1. The van der Waals surface area contributed by atoms with Gasteiger partial charge in [-0.2, -0.15) is 0 Å². The van der Waals surface area contributed by atoms with Crippen molar-refractivity contribution in [1.29, 1.82) is 0 Å². The molecule has 5 unspecified atom stereocenters. The minimum atomic E-state index is -1.54. The van der Waals surface area contributed by atoms with E-state index in [1.165, 1.54) is 50.8 Å². The summed E-state index contributed by atoms with van der Waals surface area (Å²) in [5, 5.41) is 50.6. The van der Waals surface area contributed by atoms with E-state index >= 15 is 0 Å². The first-order valence-electron chi connectivity index (χ1n) is 45.7. The predicted molar refractivity (Wildman–Crippen MR) is 506 cm³/mol. The predicted octanol–water partition coefficient (Wildman–Crippen LogP) is 17.9. The highest BCUT2D eigenvalue weighted by Gasteiger charge is 2.45. The maximum Gasteiger partial charge on any atom is 0.337 e. The number of hydrogen-bond acceptors (Lipinski definition) is 27. The molecule has 4 heterocycles. The summed E-state index contributed by atoms with van der Waals surface area (Å²) in [4.78, 5) is 69.7. The van der Waals surface area contributed by atoms with E-state index < -0.39 is 55.8 Å². The first kappa shape index (κ1) is 104. The number of carbonyl (C=O) groups is 5. The van der Waals surface area contributed by atoms with Gasteiger partial charge < -0.3 is 97.6 Å². The van der Waals surface area contributed by atoms with Gasteiger partial charge in [-0.25, -0.2) is 42.1 Å². The lowest BCUT2D eigenvalue weighted by atomic mass is 9.88. The Morgan fingerprint density at radius 3 is 1.17 bits per heavy atom. The summed E-state index contributed by atoms with van der Waals surface area (Å²) in [5.74, 6) is 3.45. The third kappa shape index (κ3) is 29.1. The molecule has 5 atom stereocenters. The number of pyridine rings is 2. The van der Waals surface area contributed by atoms with Crippen LogP contribution in [0.4, 0.5) is 8.78 Å². The molecule has 4 aliphatic carbocycles. The second-order valence-electron chi connectivity index (χ2n) is 35.5. The summed E-state index contributed by atoms with van der Waals surface area (Å²) in [6, 6.07) is 39.9. The molecule has 0 saturated heterocycles. The molecule has 8 N–H and O–H groups in total. The summed E-state index contributed by atoms with van der Waals surface area (Å²) >= 11 is 0. The van der Waals surface area contributed by atoms with Gasteiger partial charge in [0.2, 0.25) is 0 Å². The summed E-state index contributed by atoms with van der Waals surface area (Å²) < 4.78 is 121. The normalized spacial score (nSPS) is 17.0. The van der Waals surface area contributed by atoms with Crippen molar-refractivity contribution >= 4 is 40.5 Å². The number of carbonyl (C=O) groups excluding carboxylic acids is 4. The fourth-order valence-corrected chi connectivity index (χ4v) is 14.6. The van der Waals surface area contributed by atoms with Crippen LogP contribution in [0.15, 0.2) is 165 Å². The second-order valence-corrected chi connectivity index (χ2v) is 37.5. The average molecular weight is 1900 g/mol. The molecule has 4 saturated carbocycles. The van der Waals surface area contributed by atoms with Gasteiger partial charge in [-0.3, -0.25) is 9.59 Å². The van der Waals surface area contributed by atoms with Gasteiger partial charge in [-0.15, -0.1) is 0 Å². The monoisotopic (exact) mass is 1900 g/mol. The number of esters is 2. The Kier molecular flexibility index (Phi) is 36.3. The molecule has 32 heteroatoms. The number of nitrogens with zero attached hydrogens (tertiary/aromatic N) is 2. The molecule has 0 amide bonds. The Morgan fingerprint density at radius 2 is 0.816 bits per heavy atom. The van der Waals surface area contributed by atoms with Crippen LogP contribution >= 0.6 is 0 Å². The standard InChI is InChI=1S/C34H41FN2O7S.C30H33FN2O6.C14H18O4.2C13H16O4/c1-32(2,3)45(41)37-33(4)20-43-31-25(33)19-29(36-30(31)21-6-9-23(35)10-7-21)34(5,40)15-14-26(39)22-8-13-27(44-24-11-12-24)28(18-22)42-17-16-38;1-29(32)17-38-28-22(29)16-26(33-27(28)18-3-6-20(31)7-4-18)30(2,36)12-11-23(35)19-5-10-24(39-21-8-9-21)25(15-19)37-14-13-34;1-3-8-17-13-9-10(14(15)16-2)4-7-12(13)18-11-5-6-11;1-2-7-16-12-8-9(13(14)15)3-6-11(12)17-10-4-5-10;1-4-8-17-12-9-10(13(14)15-3)6-7-11(12)16-5-2/h6-10,13,18-19,24,37-38,40H,11-12,14-17,20H2,1-5H3;3-7,10,15-16,21,34,36H,8-9,11-14,17,32H2,1-2H3;4,7,9,11H,3,5-6,8H2,1-2H3;3,6,8,10H,2,4-5,7H2,1H3,(H,14,15);5-7,9H,2,4,8H2,1,3H3. The molecule has 0 radical (unpaired) electrons. The van der Waals surface area contributed by atoms with Crippen molar-refractivity contribution in [3.8, 4) is 91.5 Å². The van der Waals surface area contributed by atoms with Crippen LogP contribution in [-0.4, -0.2) is 172 Å². The largest absolute Gasteiger partial charge is 0.490 e. The number of nitrogens with one attached hydrogen (secondary N) is 1. The van der Waals surface area contributed by atoms with E-state index in [0.29, 0.717) is 162 Å². The maximum absolute atomic E-state index is 13.8. The fraction of sp³-hybridized carbons (Fsp3) is 0.433. The molecule has 2 aromatic heterocycles. The van der Waals surface area contributed by atoms with E-state index in [1.54, 1.807) is 135 Å². The number of aromatic carboxylic acids is 1. The summed E-state index contributed by atoms with van der Waals surface area (Å²) in [6.07, 6.45) is 13.2. The molecule has 29 nitrogen and oxygen atoms in total. The number of nitrogens with two attached hydrogens (primary N) is 1. The minimum Gasteiger partial charge on any atom is -0.490 e. The van der Waals surface area contributed by atoms with E-state index in [1.807, 2.05) is 55.4 Å². The number of benzene rings is 7. The second kappa shape index (κ2) is 47.5. The average Bonchev–Trinajstić information content (AvgIpc) is 1.57. The SMILES string of the molecule is C=COc1ccc(C(=O)OC)cc1OCCC.CC(O)(CCC(=O)c1ccc(OC2CC2)c(OCCO)c1)c1cc2c(c(-c3ccc(F)cc3)n1)OCC2(C)NS(=O)C(C)(C)C.CC1(N)COc2c1cc(C(C)(O)CCC(=O)c1ccc(OC3CC3)c(OCCO)c1)nc2-c1ccc(F)cc1.CCCOc1cc(C(=O)O)ccc1OC1CC1.CCCOc1cc(C(=O)OC)ccc1OC1CC1. The number of aliphatic hydroxyl groups is 4. The van der Waals surface area contributed by atoms with Crippen LogP contribution in [0.3, 0.4) is 0 Å². The van der Waals surface area contributed by atoms with Crippen LogP contribution in [0.25, 0.3) is 22.5 Å². The zero-order valence-electron chi connectivity index (χ0n) is 79.0. The highest BCUT2D eigenvalue weighted by Crippen LogP contribution is 2.49. The van der Waals surface area contributed by atoms with Gasteiger partial charge in [0.05, 0.1) is 133 Å². The Hall–Kier alpha value is -12.3. The van der Waals surface area contributed by atoms with Crippen molar-refractivity contribution in [3.63, 3.8) is 0 Å². The van der Waals surface area contributed by atoms with E-state index in [-0.39, 0.29) is 113 Å². The maximum atomic E-state index is 13.8. The summed E-state index contributed by atoms with van der Waals surface area (Å²) in [7, 11) is 1.27. The number of Topliss-reactive ketones (excluding diaryl/α,β-unsaturated/α-hetero) is 2. The number of methoxy groups -OCH3 is 2. The van der Waals surface area contributed by atoms with Crippen LogP contribution in [0.5, 0.6) is 69.0 Å². The van der Waals surface area contributed by atoms with Crippen LogP contribution in [0, 0.1) is 11.6 Å². The molecule has 0 spiro atoms. The first-order valence-corrected chi connectivity index (χ1v) is 46.9. The van der Waals surface area contributed by atoms with Gasteiger partial charge in [-0.05, 0) is 284 Å². The van der Waals surface area contributed by atoms with E-state index in [0.717, 1.165) is 70.6 Å². The molecule has 2 aliphatic heterocycles. The zero-order chi connectivity index (χ0) is 98.2. The van der Waals surface area contributed by atoms with E-state index in [4.69, 9.17) is 87.5 Å². The Labute approximate surface area is 794 Å². The van der Waals surface area contributed by atoms with Crippen molar-refractivity contribution in [3.05, 3.63) is 226 Å². The number of carboxylic acids is 1. The molecule has 9 aromatic rings. The Bertz CT molecular complexity index is 5650. The number of aromatic nitrogens is 2. The molecular weight excluding hydrogens is 1780 g/mol.